The lowest BCUT2D eigenvalue weighted by molar-refractivity contribution is 0.0333. The van der Waals surface area contributed by atoms with Gasteiger partial charge in [0.2, 0.25) is 0 Å². The molecule has 0 aliphatic heterocycles. The van der Waals surface area contributed by atoms with Crippen molar-refractivity contribution in [1.29, 1.82) is 0 Å². The number of carbonyl (C=O) groups is 1. The predicted molar refractivity (Wildman–Crippen MR) is 211 cm³/mol. The Morgan fingerprint density at radius 1 is 0.782 bits per heavy atom. The van der Waals surface area contributed by atoms with Gasteiger partial charge in [0.25, 0.3) is 0 Å². The van der Waals surface area contributed by atoms with E-state index in [0.29, 0.717) is 68.7 Å². The van der Waals surface area contributed by atoms with E-state index in [1.807, 2.05) is 86.8 Å². The number of carbonyl (C=O) groups excluding carboxylic acids is 1. The molecule has 0 aliphatic carbocycles. The van der Waals surface area contributed by atoms with E-state index in [1.165, 1.54) is 18.2 Å². The van der Waals surface area contributed by atoms with Crippen LogP contribution in [-0.2, 0) is 22.4 Å². The summed E-state index contributed by atoms with van der Waals surface area (Å²) < 4.78 is 30.7. The quantitative estimate of drug-likeness (QED) is 0.0469. The van der Waals surface area contributed by atoms with E-state index >= 15 is 0 Å². The molecule has 0 saturated heterocycles. The summed E-state index contributed by atoms with van der Waals surface area (Å²) in [6.45, 7) is 7.26. The van der Waals surface area contributed by atoms with Crippen molar-refractivity contribution < 1.29 is 33.3 Å². The summed E-state index contributed by atoms with van der Waals surface area (Å²) in [5.74, 6) is 1.71. The highest BCUT2D eigenvalue weighted by atomic mass is 16.5. The van der Waals surface area contributed by atoms with Crippen molar-refractivity contribution in [2.24, 2.45) is 0 Å². The van der Waals surface area contributed by atoms with Gasteiger partial charge >= 0.3 is 0 Å². The van der Waals surface area contributed by atoms with Crippen LogP contribution < -0.4 is 14.9 Å². The number of hydrogen-bond acceptors (Lipinski definition) is 10. The van der Waals surface area contributed by atoms with Crippen LogP contribution in [0.3, 0.4) is 0 Å². The van der Waals surface area contributed by atoms with Crippen molar-refractivity contribution in [3.63, 3.8) is 0 Å². The number of phenolic OH excluding ortho intramolecular Hbond substituents is 1. The second-order valence-corrected chi connectivity index (χ2v) is 13.1. The van der Waals surface area contributed by atoms with Crippen molar-refractivity contribution in [2.45, 2.75) is 39.7 Å². The lowest BCUT2D eigenvalue weighted by Crippen LogP contribution is -2.13. The van der Waals surface area contributed by atoms with Gasteiger partial charge in [0.1, 0.15) is 35.2 Å². The zero-order valence-corrected chi connectivity index (χ0v) is 31.1. The molecule has 0 saturated carbocycles. The van der Waals surface area contributed by atoms with Crippen molar-refractivity contribution in [1.82, 2.24) is 15.0 Å². The van der Waals surface area contributed by atoms with E-state index in [1.54, 1.807) is 22.9 Å². The molecule has 0 atom stereocenters. The van der Waals surface area contributed by atoms with Gasteiger partial charge in [-0.1, -0.05) is 46.7 Å². The van der Waals surface area contributed by atoms with Crippen LogP contribution >= 0.6 is 0 Å². The Balaban J connectivity index is 0.783. The number of phenols is 1. The van der Waals surface area contributed by atoms with E-state index in [0.717, 1.165) is 53.0 Å². The predicted octanol–water partition coefficient (Wildman–Crippen LogP) is 7.78. The second-order valence-electron chi connectivity index (χ2n) is 13.1. The molecule has 11 nitrogen and oxygen atoms in total. The van der Waals surface area contributed by atoms with Crippen LogP contribution in [0.25, 0.3) is 28.4 Å². The molecule has 0 bridgehead atoms. The van der Waals surface area contributed by atoms with Crippen LogP contribution in [0.4, 0.5) is 0 Å². The number of benzene rings is 4. The Hall–Kier alpha value is -6.04. The number of aromatic nitrogens is 3. The molecule has 284 valence electrons. The van der Waals surface area contributed by atoms with Gasteiger partial charge in [-0.05, 0) is 105 Å². The van der Waals surface area contributed by atoms with Crippen molar-refractivity contribution >= 4 is 22.8 Å². The number of rotatable bonds is 20. The number of hydrogen-bond donors (Lipinski definition) is 1. The Kier molecular flexibility index (Phi) is 13.6. The first kappa shape index (κ1) is 38.7. The number of ether oxygens (including phenoxy) is 4. The van der Waals surface area contributed by atoms with E-state index in [-0.39, 0.29) is 22.5 Å². The molecule has 2 aromatic heterocycles. The highest BCUT2D eigenvalue weighted by Gasteiger charge is 2.10. The van der Waals surface area contributed by atoms with Crippen molar-refractivity contribution in [2.75, 3.05) is 39.6 Å². The van der Waals surface area contributed by atoms with Gasteiger partial charge in [0.05, 0.1) is 56.2 Å². The summed E-state index contributed by atoms with van der Waals surface area (Å²) in [6, 6.07) is 27.1. The molecular weight excluding hydrogens is 698 g/mol. The summed E-state index contributed by atoms with van der Waals surface area (Å²) in [6.07, 6.45) is 7.73. The lowest BCUT2D eigenvalue weighted by atomic mass is 10.1. The molecule has 0 spiro atoms. The average molecular weight is 744 g/mol. The molecule has 11 heteroatoms. The van der Waals surface area contributed by atoms with Gasteiger partial charge in [0, 0.05) is 17.8 Å². The van der Waals surface area contributed by atoms with E-state index in [9.17, 15) is 14.7 Å². The lowest BCUT2D eigenvalue weighted by Gasteiger charge is -2.09. The number of aromatic hydroxyl groups is 1. The Morgan fingerprint density at radius 2 is 1.47 bits per heavy atom. The van der Waals surface area contributed by atoms with Crippen LogP contribution in [0, 0.1) is 13.8 Å². The molecule has 0 aliphatic rings. The first-order valence-electron chi connectivity index (χ1n) is 18.4. The zero-order chi connectivity index (χ0) is 38.4. The van der Waals surface area contributed by atoms with Gasteiger partial charge in [0.15, 0.2) is 11.2 Å². The molecule has 0 fully saturated rings. The standard InChI is InChI=1S/C44H45N3O8/c1-31-6-17-40(48)38(27-31)41(49)18-10-33-8-13-36(14-9-33)53-21-4-3-5-35-30-47(46-45-35)20-22-51-23-24-52-25-26-54-37-15-11-34(12-16-37)44-29-42(50)39-28-32(2)7-19-43(39)55-44/h6-19,27-30,48H,3-5,20-26H2,1-2H3/b18-10+. The number of unbranched alkanes of at least 4 members (excludes halogenated alkanes) is 1. The van der Waals surface area contributed by atoms with Crippen LogP contribution in [0.2, 0.25) is 0 Å². The third-order valence-electron chi connectivity index (χ3n) is 8.76. The van der Waals surface area contributed by atoms with E-state index in [4.69, 9.17) is 23.4 Å². The molecule has 0 radical (unpaired) electrons. The SMILES string of the molecule is Cc1ccc(O)c(C(=O)/C=C/c2ccc(OCCCCc3cn(CCOCCOCCOc4ccc(-c5cc(=O)c6cc(C)ccc6o5)cc4)nn3)cc2)c1. The van der Waals surface area contributed by atoms with Crippen LogP contribution in [-0.4, -0.2) is 65.5 Å². The average Bonchev–Trinajstić information content (AvgIpc) is 3.65. The number of ketones is 1. The third-order valence-corrected chi connectivity index (χ3v) is 8.76. The smallest absolute Gasteiger partial charge is 0.193 e. The molecular formula is C44H45N3O8. The Labute approximate surface area is 319 Å². The van der Waals surface area contributed by atoms with Crippen LogP contribution in [0.5, 0.6) is 17.2 Å². The number of fused-ring (bicyclic) bond motifs is 1. The Bertz CT molecular complexity index is 2260. The minimum absolute atomic E-state index is 0.0231. The van der Waals surface area contributed by atoms with Crippen LogP contribution in [0.1, 0.15) is 45.6 Å². The molecule has 0 amide bonds. The number of aryl methyl sites for hydroxylation is 3. The largest absolute Gasteiger partial charge is 0.507 e. The van der Waals surface area contributed by atoms with Gasteiger partial charge in [-0.15, -0.1) is 5.10 Å². The van der Waals surface area contributed by atoms with Crippen molar-refractivity contribution in [3.05, 3.63) is 141 Å². The fraction of sp³-hybridized carbons (Fsp3) is 0.273. The Morgan fingerprint density at radius 3 is 2.27 bits per heavy atom. The summed E-state index contributed by atoms with van der Waals surface area (Å²) >= 11 is 0. The molecule has 6 rings (SSSR count). The maximum Gasteiger partial charge on any atom is 0.193 e. The third kappa shape index (κ3) is 11.5. The molecule has 0 unspecified atom stereocenters. The summed E-state index contributed by atoms with van der Waals surface area (Å²) in [4.78, 5) is 25.0. The highest BCUT2D eigenvalue weighted by molar-refractivity contribution is 6.08. The normalized spacial score (nSPS) is 11.4. The molecule has 1 N–H and O–H groups in total. The van der Waals surface area contributed by atoms with Gasteiger partial charge in [-0.2, -0.15) is 0 Å². The number of allylic oxidation sites excluding steroid dienone is 1. The molecule has 4 aromatic carbocycles. The maximum atomic E-state index is 12.6. The fourth-order valence-electron chi connectivity index (χ4n) is 5.77. The van der Waals surface area contributed by atoms with E-state index < -0.39 is 0 Å². The highest BCUT2D eigenvalue weighted by Crippen LogP contribution is 2.25. The monoisotopic (exact) mass is 743 g/mol. The summed E-state index contributed by atoms with van der Waals surface area (Å²) in [5.41, 5.74) is 5.31. The molecule has 55 heavy (non-hydrogen) atoms. The van der Waals surface area contributed by atoms with Gasteiger partial charge in [-0.25, -0.2) is 4.68 Å². The summed E-state index contributed by atoms with van der Waals surface area (Å²) in [5, 5.41) is 19.0. The minimum Gasteiger partial charge on any atom is -0.507 e. The molecule has 6 aromatic rings. The first-order chi connectivity index (χ1) is 26.8. The van der Waals surface area contributed by atoms with Gasteiger partial charge in [-0.3, -0.25) is 9.59 Å². The maximum absolute atomic E-state index is 12.6. The topological polar surface area (TPSA) is 135 Å². The van der Waals surface area contributed by atoms with E-state index in [2.05, 4.69) is 10.3 Å². The van der Waals surface area contributed by atoms with Crippen LogP contribution in [0.15, 0.2) is 112 Å². The van der Waals surface area contributed by atoms with Gasteiger partial charge < -0.3 is 28.5 Å². The fourth-order valence-corrected chi connectivity index (χ4v) is 5.77. The second kappa shape index (κ2) is 19.3. The number of nitrogens with zero attached hydrogens (tertiary/aromatic N) is 3. The first-order valence-corrected chi connectivity index (χ1v) is 18.4. The minimum atomic E-state index is -0.247. The summed E-state index contributed by atoms with van der Waals surface area (Å²) in [7, 11) is 0. The zero-order valence-electron chi connectivity index (χ0n) is 31.1. The van der Waals surface area contributed by atoms with Crippen molar-refractivity contribution in [3.8, 4) is 28.6 Å². The molecule has 2 heterocycles.